The predicted molar refractivity (Wildman–Crippen MR) is 72.1 cm³/mol. The SMILES string of the molecule is Cc1c(CNCC2CC2)n(C)c2ccccc12. The maximum Gasteiger partial charge on any atom is 0.0483 e. The van der Waals surface area contributed by atoms with Crippen LogP contribution in [-0.2, 0) is 13.6 Å². The van der Waals surface area contributed by atoms with Gasteiger partial charge in [0.05, 0.1) is 0 Å². The lowest BCUT2D eigenvalue weighted by Crippen LogP contribution is -2.18. The van der Waals surface area contributed by atoms with Crippen LogP contribution in [0.3, 0.4) is 0 Å². The third kappa shape index (κ3) is 1.98. The van der Waals surface area contributed by atoms with Gasteiger partial charge in [-0.2, -0.15) is 0 Å². The van der Waals surface area contributed by atoms with Crippen LogP contribution in [0.2, 0.25) is 0 Å². The Morgan fingerprint density at radius 1 is 1.29 bits per heavy atom. The van der Waals surface area contributed by atoms with Crippen LogP contribution < -0.4 is 5.32 Å². The Balaban J connectivity index is 1.86. The number of nitrogens with zero attached hydrogens (tertiary/aromatic N) is 1. The van der Waals surface area contributed by atoms with Crippen molar-refractivity contribution in [3.05, 3.63) is 35.5 Å². The number of nitrogens with one attached hydrogen (secondary N) is 1. The zero-order chi connectivity index (χ0) is 11.8. The fourth-order valence-corrected chi connectivity index (χ4v) is 2.60. The molecule has 1 saturated carbocycles. The lowest BCUT2D eigenvalue weighted by molar-refractivity contribution is 0.616. The molecule has 2 heteroatoms. The summed E-state index contributed by atoms with van der Waals surface area (Å²) in [5, 5.41) is 4.97. The normalized spacial score (nSPS) is 15.6. The van der Waals surface area contributed by atoms with Crippen molar-refractivity contribution < 1.29 is 0 Å². The van der Waals surface area contributed by atoms with Crippen molar-refractivity contribution in [3.63, 3.8) is 0 Å². The van der Waals surface area contributed by atoms with Gasteiger partial charge in [0.15, 0.2) is 0 Å². The highest BCUT2D eigenvalue weighted by atomic mass is 15.0. The van der Waals surface area contributed by atoms with Crippen LogP contribution in [0.1, 0.15) is 24.1 Å². The summed E-state index contributed by atoms with van der Waals surface area (Å²) in [4.78, 5) is 0. The van der Waals surface area contributed by atoms with E-state index >= 15 is 0 Å². The van der Waals surface area contributed by atoms with Crippen LogP contribution in [-0.4, -0.2) is 11.1 Å². The topological polar surface area (TPSA) is 17.0 Å². The van der Waals surface area contributed by atoms with Gasteiger partial charge >= 0.3 is 0 Å². The summed E-state index contributed by atoms with van der Waals surface area (Å²) in [5.74, 6) is 0.949. The molecule has 0 atom stereocenters. The van der Waals surface area contributed by atoms with Gasteiger partial charge in [0.25, 0.3) is 0 Å². The molecule has 1 aliphatic rings. The molecule has 0 saturated heterocycles. The lowest BCUT2D eigenvalue weighted by Gasteiger charge is -2.07. The molecule has 1 heterocycles. The van der Waals surface area contributed by atoms with Gasteiger partial charge in [-0.1, -0.05) is 18.2 Å². The smallest absolute Gasteiger partial charge is 0.0483 e. The zero-order valence-electron chi connectivity index (χ0n) is 10.7. The average molecular weight is 228 g/mol. The summed E-state index contributed by atoms with van der Waals surface area (Å²) in [7, 11) is 2.17. The van der Waals surface area contributed by atoms with Crippen molar-refractivity contribution in [1.29, 1.82) is 0 Å². The Morgan fingerprint density at radius 3 is 2.76 bits per heavy atom. The third-order valence-electron chi connectivity index (χ3n) is 3.93. The number of rotatable bonds is 4. The first kappa shape index (κ1) is 10.8. The number of para-hydroxylation sites is 1. The van der Waals surface area contributed by atoms with E-state index in [0.717, 1.165) is 12.5 Å². The molecule has 1 N–H and O–H groups in total. The van der Waals surface area contributed by atoms with Crippen molar-refractivity contribution in [2.24, 2.45) is 13.0 Å². The minimum absolute atomic E-state index is 0.949. The molecule has 90 valence electrons. The number of aryl methyl sites for hydroxylation is 2. The van der Waals surface area contributed by atoms with E-state index in [9.17, 15) is 0 Å². The fraction of sp³-hybridized carbons (Fsp3) is 0.467. The van der Waals surface area contributed by atoms with Gasteiger partial charge in [-0.25, -0.2) is 0 Å². The van der Waals surface area contributed by atoms with E-state index < -0.39 is 0 Å². The van der Waals surface area contributed by atoms with Crippen molar-refractivity contribution in [2.45, 2.75) is 26.3 Å². The number of hydrogen-bond donors (Lipinski definition) is 1. The molecule has 0 amide bonds. The summed E-state index contributed by atoms with van der Waals surface area (Å²) >= 11 is 0. The number of fused-ring (bicyclic) bond motifs is 1. The van der Waals surface area contributed by atoms with Gasteiger partial charge in [0.1, 0.15) is 0 Å². The molecule has 17 heavy (non-hydrogen) atoms. The molecule has 1 aromatic carbocycles. The van der Waals surface area contributed by atoms with Crippen molar-refractivity contribution in [2.75, 3.05) is 6.54 Å². The molecule has 0 bridgehead atoms. The van der Waals surface area contributed by atoms with Gasteiger partial charge in [-0.3, -0.25) is 0 Å². The van der Waals surface area contributed by atoms with Crippen LogP contribution in [0.4, 0.5) is 0 Å². The largest absolute Gasteiger partial charge is 0.346 e. The quantitative estimate of drug-likeness (QED) is 0.851. The first-order valence-corrected chi connectivity index (χ1v) is 6.51. The minimum atomic E-state index is 0.949. The summed E-state index contributed by atoms with van der Waals surface area (Å²) in [6.45, 7) is 4.41. The van der Waals surface area contributed by atoms with E-state index in [1.165, 1.54) is 41.5 Å². The van der Waals surface area contributed by atoms with Crippen molar-refractivity contribution >= 4 is 10.9 Å². The standard InChI is InChI=1S/C15H20N2/c1-11-13-5-3-4-6-14(13)17(2)15(11)10-16-9-12-7-8-12/h3-6,12,16H,7-10H2,1-2H3. The average Bonchev–Trinajstić information content (AvgIpc) is 3.13. The monoisotopic (exact) mass is 228 g/mol. The molecule has 3 rings (SSSR count). The number of hydrogen-bond acceptors (Lipinski definition) is 1. The number of benzene rings is 1. The van der Waals surface area contributed by atoms with Crippen LogP contribution in [0, 0.1) is 12.8 Å². The van der Waals surface area contributed by atoms with E-state index in [0.29, 0.717) is 0 Å². The molecular weight excluding hydrogens is 208 g/mol. The predicted octanol–water partition coefficient (Wildman–Crippen LogP) is 2.99. The fourth-order valence-electron chi connectivity index (χ4n) is 2.60. The Hall–Kier alpha value is -1.28. The summed E-state index contributed by atoms with van der Waals surface area (Å²) in [6, 6.07) is 8.65. The minimum Gasteiger partial charge on any atom is -0.346 e. The van der Waals surface area contributed by atoms with Gasteiger partial charge in [0, 0.05) is 30.2 Å². The highest BCUT2D eigenvalue weighted by molar-refractivity contribution is 5.85. The molecule has 0 radical (unpaired) electrons. The Morgan fingerprint density at radius 2 is 2.06 bits per heavy atom. The molecule has 2 nitrogen and oxygen atoms in total. The van der Waals surface area contributed by atoms with Crippen molar-refractivity contribution in [1.82, 2.24) is 9.88 Å². The van der Waals surface area contributed by atoms with E-state index in [2.05, 4.69) is 48.1 Å². The molecular formula is C15H20N2. The first-order valence-electron chi connectivity index (χ1n) is 6.51. The Labute approximate surface area is 103 Å². The molecule has 1 aliphatic carbocycles. The summed E-state index contributed by atoms with van der Waals surface area (Å²) < 4.78 is 2.32. The summed E-state index contributed by atoms with van der Waals surface area (Å²) in [6.07, 6.45) is 2.84. The van der Waals surface area contributed by atoms with Crippen LogP contribution in [0.25, 0.3) is 10.9 Å². The van der Waals surface area contributed by atoms with E-state index in [-0.39, 0.29) is 0 Å². The second-order valence-electron chi connectivity index (χ2n) is 5.22. The lowest BCUT2D eigenvalue weighted by atomic mass is 10.1. The van der Waals surface area contributed by atoms with E-state index in [4.69, 9.17) is 0 Å². The zero-order valence-corrected chi connectivity index (χ0v) is 10.7. The van der Waals surface area contributed by atoms with Crippen LogP contribution in [0.15, 0.2) is 24.3 Å². The molecule has 1 fully saturated rings. The Bertz CT molecular complexity index is 496. The van der Waals surface area contributed by atoms with Crippen LogP contribution >= 0.6 is 0 Å². The van der Waals surface area contributed by atoms with Gasteiger partial charge < -0.3 is 9.88 Å². The van der Waals surface area contributed by atoms with Gasteiger partial charge in [-0.15, -0.1) is 0 Å². The van der Waals surface area contributed by atoms with Gasteiger partial charge in [-0.05, 0) is 43.9 Å². The molecule has 0 spiro atoms. The number of aromatic nitrogens is 1. The summed E-state index contributed by atoms with van der Waals surface area (Å²) in [5.41, 5.74) is 4.19. The molecule has 0 aliphatic heterocycles. The first-order chi connectivity index (χ1) is 8.27. The third-order valence-corrected chi connectivity index (χ3v) is 3.93. The Kier molecular flexibility index (Phi) is 2.67. The van der Waals surface area contributed by atoms with Gasteiger partial charge in [0.2, 0.25) is 0 Å². The molecule has 1 aromatic heterocycles. The highest BCUT2D eigenvalue weighted by Gasteiger charge is 2.20. The second kappa shape index (κ2) is 4.19. The maximum absolute atomic E-state index is 3.59. The van der Waals surface area contributed by atoms with Crippen molar-refractivity contribution in [3.8, 4) is 0 Å². The highest BCUT2D eigenvalue weighted by Crippen LogP contribution is 2.28. The molecule has 2 aromatic rings. The second-order valence-corrected chi connectivity index (χ2v) is 5.22. The van der Waals surface area contributed by atoms with E-state index in [1.807, 2.05) is 0 Å². The molecule has 0 unspecified atom stereocenters. The maximum atomic E-state index is 3.59. The van der Waals surface area contributed by atoms with E-state index in [1.54, 1.807) is 0 Å². The van der Waals surface area contributed by atoms with Crippen LogP contribution in [0.5, 0.6) is 0 Å².